The van der Waals surface area contributed by atoms with Gasteiger partial charge in [-0.15, -0.1) is 0 Å². The first-order chi connectivity index (χ1) is 7.92. The largest absolute Gasteiger partial charge is 0.389 e. The van der Waals surface area contributed by atoms with Gasteiger partial charge in [0.2, 0.25) is 0 Å². The van der Waals surface area contributed by atoms with Crippen LogP contribution in [0.3, 0.4) is 0 Å². The molecule has 0 saturated heterocycles. The minimum atomic E-state index is -4.06. The Morgan fingerprint density at radius 2 is 1.76 bits per heavy atom. The van der Waals surface area contributed by atoms with Gasteiger partial charge in [-0.25, -0.2) is 0 Å². The summed E-state index contributed by atoms with van der Waals surface area (Å²) in [6.07, 6.45) is -3.39. The van der Waals surface area contributed by atoms with Crippen LogP contribution in [0.5, 0.6) is 0 Å². The second-order valence-electron chi connectivity index (χ2n) is 4.19. The molecule has 6 heteroatoms. The number of hydrogen-bond donors (Lipinski definition) is 2. The number of halogens is 3. The van der Waals surface area contributed by atoms with E-state index in [1.54, 1.807) is 0 Å². The molecular formula is C11H24F3N3. The number of hydrogen-bond acceptors (Lipinski definition) is 3. The maximum absolute atomic E-state index is 12.0. The predicted octanol–water partition coefficient (Wildman–Crippen LogP) is 2.28. The molecule has 0 saturated carbocycles. The van der Waals surface area contributed by atoms with Crippen molar-refractivity contribution in [1.82, 2.24) is 10.3 Å². The van der Waals surface area contributed by atoms with E-state index in [2.05, 4.69) is 24.2 Å². The zero-order chi connectivity index (χ0) is 13.3. The summed E-state index contributed by atoms with van der Waals surface area (Å²) >= 11 is 0. The maximum Gasteiger partial charge on any atom is 0.389 e. The molecule has 0 radical (unpaired) electrons. The Bertz CT molecular complexity index is 181. The van der Waals surface area contributed by atoms with Crippen molar-refractivity contribution in [3.05, 3.63) is 0 Å². The second kappa shape index (κ2) is 8.72. The first-order valence-corrected chi connectivity index (χ1v) is 6.18. The van der Waals surface area contributed by atoms with Gasteiger partial charge in [-0.1, -0.05) is 13.8 Å². The molecule has 3 N–H and O–H groups in total. The van der Waals surface area contributed by atoms with E-state index in [4.69, 9.17) is 5.84 Å². The van der Waals surface area contributed by atoms with Crippen molar-refractivity contribution in [3.63, 3.8) is 0 Å². The zero-order valence-corrected chi connectivity index (χ0v) is 10.7. The van der Waals surface area contributed by atoms with Gasteiger partial charge in [0.1, 0.15) is 0 Å². The highest BCUT2D eigenvalue weighted by atomic mass is 19.4. The molecule has 1 unspecified atom stereocenters. The highest BCUT2D eigenvalue weighted by Gasteiger charge is 2.26. The molecule has 17 heavy (non-hydrogen) atoms. The Labute approximate surface area is 102 Å². The van der Waals surface area contributed by atoms with Crippen LogP contribution in [0, 0.1) is 0 Å². The van der Waals surface area contributed by atoms with Crippen molar-refractivity contribution in [2.24, 2.45) is 5.84 Å². The lowest BCUT2D eigenvalue weighted by Gasteiger charge is -2.22. The molecule has 3 nitrogen and oxygen atoms in total. The Hall–Kier alpha value is -0.330. The second-order valence-corrected chi connectivity index (χ2v) is 4.19. The van der Waals surface area contributed by atoms with Gasteiger partial charge in [0.25, 0.3) is 0 Å². The van der Waals surface area contributed by atoms with Gasteiger partial charge >= 0.3 is 6.18 Å². The van der Waals surface area contributed by atoms with E-state index in [1.165, 1.54) is 0 Å². The number of rotatable bonds is 9. The lowest BCUT2D eigenvalue weighted by Crippen LogP contribution is -2.38. The van der Waals surface area contributed by atoms with Crippen LogP contribution < -0.4 is 11.3 Å². The fourth-order valence-electron chi connectivity index (χ4n) is 1.74. The highest BCUT2D eigenvalue weighted by molar-refractivity contribution is 4.67. The molecule has 0 aromatic carbocycles. The van der Waals surface area contributed by atoms with E-state index in [1.807, 2.05) is 0 Å². The number of hydrazine groups is 1. The van der Waals surface area contributed by atoms with E-state index in [-0.39, 0.29) is 12.5 Å². The normalized spacial score (nSPS) is 14.3. The molecule has 0 rings (SSSR count). The minimum Gasteiger partial charge on any atom is -0.304 e. The fraction of sp³-hybridized carbons (Fsp3) is 1.00. The average Bonchev–Trinajstić information content (AvgIpc) is 2.26. The Kier molecular flexibility index (Phi) is 8.55. The van der Waals surface area contributed by atoms with Gasteiger partial charge in [0.15, 0.2) is 0 Å². The Balaban J connectivity index is 3.76. The molecule has 0 heterocycles. The number of nitrogens with zero attached hydrogens (tertiary/aromatic N) is 1. The number of alkyl halides is 3. The van der Waals surface area contributed by atoms with Crippen LogP contribution >= 0.6 is 0 Å². The molecule has 0 aromatic heterocycles. The summed E-state index contributed by atoms with van der Waals surface area (Å²) in [6, 6.07) is -0.0297. The monoisotopic (exact) mass is 255 g/mol. The molecule has 104 valence electrons. The molecule has 0 fully saturated rings. The number of nitrogens with one attached hydrogen (secondary N) is 1. The third-order valence-electron chi connectivity index (χ3n) is 2.94. The summed E-state index contributed by atoms with van der Waals surface area (Å²) in [5.74, 6) is 5.34. The molecule has 1 atom stereocenters. The molecule has 0 spiro atoms. The third kappa shape index (κ3) is 9.38. The van der Waals surface area contributed by atoms with Gasteiger partial charge in [0, 0.05) is 12.5 Å². The van der Waals surface area contributed by atoms with Crippen molar-refractivity contribution in [3.8, 4) is 0 Å². The summed E-state index contributed by atoms with van der Waals surface area (Å²) in [4.78, 5) is 2.23. The molecule has 0 amide bonds. The molecule has 0 aliphatic rings. The van der Waals surface area contributed by atoms with Crippen LogP contribution in [0.25, 0.3) is 0 Å². The standard InChI is InChI=1S/C11H24F3N3/c1-3-17(4-2)9-7-10(16-15)6-5-8-11(12,13)14/h10,16H,3-9,15H2,1-2H3. The lowest BCUT2D eigenvalue weighted by atomic mass is 10.1. The topological polar surface area (TPSA) is 41.3 Å². The first kappa shape index (κ1) is 16.7. The summed E-state index contributed by atoms with van der Waals surface area (Å²) < 4.78 is 35.9. The molecule has 0 aromatic rings. The van der Waals surface area contributed by atoms with E-state index < -0.39 is 12.6 Å². The SMILES string of the molecule is CCN(CC)CCC(CCCC(F)(F)F)NN. The van der Waals surface area contributed by atoms with Crippen molar-refractivity contribution >= 4 is 0 Å². The smallest absolute Gasteiger partial charge is 0.304 e. The van der Waals surface area contributed by atoms with Crippen molar-refractivity contribution in [1.29, 1.82) is 0 Å². The van der Waals surface area contributed by atoms with Crippen LogP contribution in [-0.2, 0) is 0 Å². The van der Waals surface area contributed by atoms with Crippen molar-refractivity contribution in [2.45, 2.75) is 51.7 Å². The quantitative estimate of drug-likeness (QED) is 0.490. The average molecular weight is 255 g/mol. The predicted molar refractivity (Wildman–Crippen MR) is 63.4 cm³/mol. The van der Waals surface area contributed by atoms with Crippen LogP contribution in [-0.4, -0.2) is 36.8 Å². The lowest BCUT2D eigenvalue weighted by molar-refractivity contribution is -0.135. The Morgan fingerprint density at radius 3 is 2.18 bits per heavy atom. The van der Waals surface area contributed by atoms with E-state index in [9.17, 15) is 13.2 Å². The maximum atomic E-state index is 12.0. The number of nitrogens with two attached hydrogens (primary N) is 1. The Morgan fingerprint density at radius 1 is 1.18 bits per heavy atom. The van der Waals surface area contributed by atoms with Crippen LogP contribution in [0.1, 0.15) is 39.5 Å². The van der Waals surface area contributed by atoms with Crippen LogP contribution in [0.2, 0.25) is 0 Å². The molecule has 0 aliphatic heterocycles. The first-order valence-electron chi connectivity index (χ1n) is 6.18. The summed E-state index contributed by atoms with van der Waals surface area (Å²) in [6.45, 7) is 6.91. The molecule has 0 aliphatic carbocycles. The summed E-state index contributed by atoms with van der Waals surface area (Å²) in [7, 11) is 0. The minimum absolute atomic E-state index is 0.0297. The zero-order valence-electron chi connectivity index (χ0n) is 10.7. The summed E-state index contributed by atoms with van der Waals surface area (Å²) in [5.41, 5.74) is 2.60. The van der Waals surface area contributed by atoms with Crippen molar-refractivity contribution in [2.75, 3.05) is 19.6 Å². The van der Waals surface area contributed by atoms with E-state index in [0.29, 0.717) is 6.42 Å². The summed E-state index contributed by atoms with van der Waals surface area (Å²) in [5, 5.41) is 0. The van der Waals surface area contributed by atoms with Gasteiger partial charge in [0.05, 0.1) is 0 Å². The van der Waals surface area contributed by atoms with E-state index >= 15 is 0 Å². The van der Waals surface area contributed by atoms with Gasteiger partial charge in [-0.2, -0.15) is 13.2 Å². The van der Waals surface area contributed by atoms with Crippen LogP contribution in [0.4, 0.5) is 13.2 Å². The van der Waals surface area contributed by atoms with Crippen molar-refractivity contribution < 1.29 is 13.2 Å². The van der Waals surface area contributed by atoms with Gasteiger partial charge < -0.3 is 4.90 Å². The molecule has 0 bridgehead atoms. The van der Waals surface area contributed by atoms with Crippen LogP contribution in [0.15, 0.2) is 0 Å². The van der Waals surface area contributed by atoms with Gasteiger partial charge in [-0.3, -0.25) is 11.3 Å². The highest BCUT2D eigenvalue weighted by Crippen LogP contribution is 2.22. The van der Waals surface area contributed by atoms with E-state index in [0.717, 1.165) is 26.1 Å². The third-order valence-corrected chi connectivity index (χ3v) is 2.94. The molecular weight excluding hydrogens is 231 g/mol. The fourth-order valence-corrected chi connectivity index (χ4v) is 1.74. The van der Waals surface area contributed by atoms with Gasteiger partial charge in [-0.05, 0) is 38.9 Å².